The number of methoxy groups -OCH3 is 2. The molecule has 1 aromatic carbocycles. The highest BCUT2D eigenvalue weighted by molar-refractivity contribution is 5.65. The maximum Gasteiger partial charge on any atom is 0.270 e. The molecular weight excluding hydrogens is 272 g/mol. The van der Waals surface area contributed by atoms with E-state index in [1.54, 1.807) is 38.7 Å². The Morgan fingerprint density at radius 3 is 2.19 bits per heavy atom. The Morgan fingerprint density at radius 2 is 1.71 bits per heavy atom. The number of nitro benzene ring substituents is 1. The second-order valence-corrected chi connectivity index (χ2v) is 4.08. The van der Waals surface area contributed by atoms with Gasteiger partial charge >= 0.3 is 0 Å². The van der Waals surface area contributed by atoms with Crippen LogP contribution < -0.4 is 0 Å². The van der Waals surface area contributed by atoms with E-state index in [4.69, 9.17) is 0 Å². The molecule has 0 aliphatic carbocycles. The molecule has 0 bridgehead atoms. The largest absolute Gasteiger partial charge is 0.356 e. The Labute approximate surface area is 123 Å². The number of pyridine rings is 1. The zero-order chi connectivity index (χ0) is 15.7. The molecule has 0 saturated carbocycles. The molecule has 1 heterocycles. The van der Waals surface area contributed by atoms with Crippen molar-refractivity contribution in [2.24, 2.45) is 0 Å². The zero-order valence-corrected chi connectivity index (χ0v) is 12.2. The summed E-state index contributed by atoms with van der Waals surface area (Å²) < 4.78 is 9.35. The molecule has 0 aliphatic rings. The summed E-state index contributed by atoms with van der Waals surface area (Å²) in [7, 11) is 3.21. The van der Waals surface area contributed by atoms with Gasteiger partial charge in [-0.15, -0.1) is 0 Å². The summed E-state index contributed by atoms with van der Waals surface area (Å²) in [5.74, 6) is 0. The zero-order valence-electron chi connectivity index (χ0n) is 12.2. The highest BCUT2D eigenvalue weighted by atomic mass is 16.7. The lowest BCUT2D eigenvalue weighted by molar-refractivity contribution is -0.384. The van der Waals surface area contributed by atoms with Gasteiger partial charge < -0.3 is 9.47 Å². The van der Waals surface area contributed by atoms with Crippen molar-refractivity contribution in [1.29, 1.82) is 0 Å². The van der Waals surface area contributed by atoms with Gasteiger partial charge in [-0.1, -0.05) is 12.1 Å². The number of non-ortho nitro benzene ring substituents is 1. The van der Waals surface area contributed by atoms with Gasteiger partial charge in [0.2, 0.25) is 0 Å². The molecule has 0 unspecified atom stereocenters. The van der Waals surface area contributed by atoms with Crippen LogP contribution in [0.5, 0.6) is 0 Å². The summed E-state index contributed by atoms with van der Waals surface area (Å²) in [5.41, 5.74) is 1.85. The normalized spacial score (nSPS) is 9.90. The quantitative estimate of drug-likeness (QED) is 0.490. The van der Waals surface area contributed by atoms with Crippen molar-refractivity contribution in [3.8, 4) is 11.1 Å². The molecule has 1 aromatic heterocycles. The average molecular weight is 290 g/mol. The summed E-state index contributed by atoms with van der Waals surface area (Å²) >= 11 is 0. The van der Waals surface area contributed by atoms with Crippen LogP contribution in [0, 0.1) is 10.1 Å². The van der Waals surface area contributed by atoms with Crippen molar-refractivity contribution in [2.45, 2.75) is 13.2 Å². The van der Waals surface area contributed by atoms with E-state index in [1.165, 1.54) is 6.07 Å². The van der Waals surface area contributed by atoms with Crippen LogP contribution in [0.1, 0.15) is 6.92 Å². The van der Waals surface area contributed by atoms with E-state index in [0.717, 1.165) is 11.1 Å². The molecule has 0 fully saturated rings. The molecule has 0 N–H and O–H groups in total. The molecule has 0 amide bonds. The molecule has 0 saturated heterocycles. The van der Waals surface area contributed by atoms with Crippen LogP contribution in [-0.2, 0) is 9.47 Å². The summed E-state index contributed by atoms with van der Waals surface area (Å²) in [6.45, 7) is 1.83. The summed E-state index contributed by atoms with van der Waals surface area (Å²) in [6, 6.07) is 10.2. The number of aromatic nitrogens is 1. The van der Waals surface area contributed by atoms with E-state index >= 15 is 0 Å². The van der Waals surface area contributed by atoms with Crippen LogP contribution in [0.15, 0.2) is 48.8 Å². The molecule has 0 spiro atoms. The van der Waals surface area contributed by atoms with Gasteiger partial charge in [-0.25, -0.2) is 0 Å². The molecule has 2 aromatic rings. The van der Waals surface area contributed by atoms with Crippen LogP contribution >= 0.6 is 0 Å². The van der Waals surface area contributed by atoms with Gasteiger partial charge in [-0.3, -0.25) is 15.1 Å². The van der Waals surface area contributed by atoms with Gasteiger partial charge in [0.25, 0.3) is 5.69 Å². The van der Waals surface area contributed by atoms with E-state index < -0.39 is 4.92 Å². The van der Waals surface area contributed by atoms with Crippen molar-refractivity contribution in [1.82, 2.24) is 4.98 Å². The molecule has 6 nitrogen and oxygen atoms in total. The maximum absolute atomic E-state index is 10.6. The fraction of sp³-hybridized carbons (Fsp3) is 0.267. The van der Waals surface area contributed by atoms with Crippen LogP contribution in [0.25, 0.3) is 11.1 Å². The van der Waals surface area contributed by atoms with E-state index in [0.29, 0.717) is 0 Å². The number of nitro groups is 1. The topological polar surface area (TPSA) is 74.5 Å². The SMILES string of the molecule is COC(C)OC.O=[N+]([O-])c1cccc(-c2ccncc2)c1. The fourth-order valence-corrected chi connectivity index (χ4v) is 1.44. The number of nitrogens with zero attached hydrogens (tertiary/aromatic N) is 2. The van der Waals surface area contributed by atoms with Crippen molar-refractivity contribution in [2.75, 3.05) is 14.2 Å². The van der Waals surface area contributed by atoms with E-state index in [9.17, 15) is 10.1 Å². The molecular formula is C15H18N2O4. The lowest BCUT2D eigenvalue weighted by Crippen LogP contribution is -2.05. The number of ether oxygens (including phenoxy) is 2. The highest BCUT2D eigenvalue weighted by Crippen LogP contribution is 2.22. The summed E-state index contributed by atoms with van der Waals surface area (Å²) in [5, 5.41) is 10.6. The van der Waals surface area contributed by atoms with E-state index in [-0.39, 0.29) is 12.0 Å². The summed E-state index contributed by atoms with van der Waals surface area (Å²) in [6.07, 6.45) is 3.26. The first-order valence-electron chi connectivity index (χ1n) is 6.29. The minimum atomic E-state index is -0.398. The van der Waals surface area contributed by atoms with Gasteiger partial charge in [-0.05, 0) is 30.2 Å². The Bertz CT molecular complexity index is 557. The van der Waals surface area contributed by atoms with Crippen LogP contribution in [0.3, 0.4) is 0 Å². The Kier molecular flexibility index (Phi) is 7.00. The highest BCUT2D eigenvalue weighted by Gasteiger charge is 2.06. The first-order valence-corrected chi connectivity index (χ1v) is 6.29. The van der Waals surface area contributed by atoms with Crippen molar-refractivity contribution in [3.63, 3.8) is 0 Å². The van der Waals surface area contributed by atoms with Crippen molar-refractivity contribution < 1.29 is 14.4 Å². The standard InChI is InChI=1S/C11H8N2O2.C4H10O2/c14-13(15)11-3-1-2-10(8-11)9-4-6-12-7-5-9;1-4(5-2)6-3/h1-8H;4H,1-3H3. The lowest BCUT2D eigenvalue weighted by Gasteiger charge is -2.03. The minimum Gasteiger partial charge on any atom is -0.356 e. The Hall–Kier alpha value is -2.31. The first kappa shape index (κ1) is 16.7. The number of benzene rings is 1. The van der Waals surface area contributed by atoms with Crippen molar-refractivity contribution in [3.05, 3.63) is 58.9 Å². The van der Waals surface area contributed by atoms with Gasteiger partial charge in [0.05, 0.1) is 4.92 Å². The molecule has 0 atom stereocenters. The fourth-order valence-electron chi connectivity index (χ4n) is 1.44. The van der Waals surface area contributed by atoms with Gasteiger partial charge in [-0.2, -0.15) is 0 Å². The van der Waals surface area contributed by atoms with E-state index in [1.807, 2.05) is 25.1 Å². The molecule has 0 aliphatic heterocycles. The second-order valence-electron chi connectivity index (χ2n) is 4.08. The average Bonchev–Trinajstić information content (AvgIpc) is 2.55. The molecule has 2 rings (SSSR count). The number of rotatable bonds is 4. The van der Waals surface area contributed by atoms with Gasteiger partial charge in [0.15, 0.2) is 6.29 Å². The third kappa shape index (κ3) is 5.68. The smallest absolute Gasteiger partial charge is 0.270 e. The second kappa shape index (κ2) is 8.78. The van der Waals surface area contributed by atoms with Gasteiger partial charge in [0, 0.05) is 38.7 Å². The monoisotopic (exact) mass is 290 g/mol. The molecule has 6 heteroatoms. The molecule has 0 radical (unpaired) electrons. The number of hydrogen-bond acceptors (Lipinski definition) is 5. The predicted octanol–water partition coefficient (Wildman–Crippen LogP) is 3.28. The lowest BCUT2D eigenvalue weighted by atomic mass is 10.1. The van der Waals surface area contributed by atoms with Crippen LogP contribution in [0.4, 0.5) is 5.69 Å². The maximum atomic E-state index is 10.6. The minimum absolute atomic E-state index is 0.0648. The van der Waals surface area contributed by atoms with Crippen molar-refractivity contribution >= 4 is 5.69 Å². The van der Waals surface area contributed by atoms with Crippen LogP contribution in [0.2, 0.25) is 0 Å². The summed E-state index contributed by atoms with van der Waals surface area (Å²) in [4.78, 5) is 14.1. The Balaban J connectivity index is 0.000000315. The first-order chi connectivity index (χ1) is 10.1. The van der Waals surface area contributed by atoms with Crippen LogP contribution in [-0.4, -0.2) is 30.4 Å². The predicted molar refractivity (Wildman–Crippen MR) is 79.8 cm³/mol. The third-order valence-corrected chi connectivity index (χ3v) is 2.73. The molecule has 21 heavy (non-hydrogen) atoms. The third-order valence-electron chi connectivity index (χ3n) is 2.73. The molecule has 112 valence electrons. The van der Waals surface area contributed by atoms with Gasteiger partial charge in [0.1, 0.15) is 0 Å². The van der Waals surface area contributed by atoms with E-state index in [2.05, 4.69) is 14.5 Å². The number of hydrogen-bond donors (Lipinski definition) is 0. The Morgan fingerprint density at radius 1 is 1.10 bits per heavy atom.